The number of nitro groups is 1. The molecule has 0 saturated carbocycles. The third kappa shape index (κ3) is 3.59. The zero-order valence-corrected chi connectivity index (χ0v) is 13.6. The smallest absolute Gasteiger partial charge is 0.293 e. The summed E-state index contributed by atoms with van der Waals surface area (Å²) in [5.41, 5.74) is -0.00317. The van der Waals surface area contributed by atoms with Crippen LogP contribution in [-0.4, -0.2) is 45.4 Å². The van der Waals surface area contributed by atoms with Crippen LogP contribution in [0.3, 0.4) is 0 Å². The monoisotopic (exact) mass is 342 g/mol. The van der Waals surface area contributed by atoms with Crippen molar-refractivity contribution in [2.24, 2.45) is 0 Å². The van der Waals surface area contributed by atoms with Crippen molar-refractivity contribution in [3.8, 4) is 0 Å². The Balaban J connectivity index is 2.50. The van der Waals surface area contributed by atoms with Gasteiger partial charge in [0.2, 0.25) is 15.9 Å². The van der Waals surface area contributed by atoms with Crippen LogP contribution in [0.15, 0.2) is 23.1 Å². The van der Waals surface area contributed by atoms with Gasteiger partial charge in [-0.3, -0.25) is 14.9 Å². The van der Waals surface area contributed by atoms with Crippen molar-refractivity contribution in [1.29, 1.82) is 0 Å². The van der Waals surface area contributed by atoms with Gasteiger partial charge in [0.1, 0.15) is 5.69 Å². The summed E-state index contributed by atoms with van der Waals surface area (Å²) in [4.78, 5) is 23.9. The minimum atomic E-state index is -3.77. The number of rotatable bonds is 4. The van der Waals surface area contributed by atoms with Crippen LogP contribution in [-0.2, 0) is 14.8 Å². The lowest BCUT2D eigenvalue weighted by Crippen LogP contribution is -2.34. The highest BCUT2D eigenvalue weighted by molar-refractivity contribution is 7.89. The van der Waals surface area contributed by atoms with Gasteiger partial charge >= 0.3 is 0 Å². The Morgan fingerprint density at radius 1 is 1.43 bits per heavy atom. The SMILES string of the molecule is CNS(=O)(=O)c1ccc(N2CCNC(=O)C[C@@H]2C)c([N+](=O)[O-])c1. The molecule has 1 saturated heterocycles. The molecular formula is C13H18N4O5S. The molecule has 0 bridgehead atoms. The van der Waals surface area contributed by atoms with Gasteiger partial charge in [0.05, 0.1) is 9.82 Å². The van der Waals surface area contributed by atoms with Gasteiger partial charge in [0.25, 0.3) is 5.69 Å². The number of anilines is 1. The summed E-state index contributed by atoms with van der Waals surface area (Å²) in [6.45, 7) is 2.58. The fourth-order valence-corrected chi connectivity index (χ4v) is 3.27. The number of hydrogen-bond acceptors (Lipinski definition) is 6. The molecule has 1 aliphatic rings. The highest BCUT2D eigenvalue weighted by Gasteiger charge is 2.28. The van der Waals surface area contributed by atoms with Crippen molar-refractivity contribution >= 4 is 27.3 Å². The van der Waals surface area contributed by atoms with E-state index in [4.69, 9.17) is 0 Å². The summed E-state index contributed by atoms with van der Waals surface area (Å²) >= 11 is 0. The van der Waals surface area contributed by atoms with Gasteiger partial charge in [0.15, 0.2) is 0 Å². The lowest BCUT2D eigenvalue weighted by Gasteiger charge is -2.28. The normalized spacial score (nSPS) is 19.1. The Morgan fingerprint density at radius 2 is 2.13 bits per heavy atom. The minimum Gasteiger partial charge on any atom is -0.361 e. The van der Waals surface area contributed by atoms with E-state index in [-0.39, 0.29) is 29.0 Å². The van der Waals surface area contributed by atoms with Crippen molar-refractivity contribution in [3.63, 3.8) is 0 Å². The molecule has 9 nitrogen and oxygen atoms in total. The highest BCUT2D eigenvalue weighted by atomic mass is 32.2. The van der Waals surface area contributed by atoms with Gasteiger partial charge in [-0.1, -0.05) is 0 Å². The molecule has 2 rings (SSSR count). The Hall–Kier alpha value is -2.20. The maximum atomic E-state index is 11.8. The first-order valence-electron chi connectivity index (χ1n) is 7.01. The minimum absolute atomic E-state index is 0.114. The molecule has 23 heavy (non-hydrogen) atoms. The van der Waals surface area contributed by atoms with Crippen molar-refractivity contribution in [3.05, 3.63) is 28.3 Å². The first-order chi connectivity index (χ1) is 10.8. The molecule has 126 valence electrons. The molecule has 1 amide bonds. The molecule has 2 N–H and O–H groups in total. The standard InChI is InChI=1S/C13H18N4O5S/c1-9-7-13(18)15-5-6-16(9)11-4-3-10(23(21,22)14-2)8-12(11)17(19)20/h3-4,8-9,14H,5-7H2,1-2H3,(H,15,18)/t9-/m0/s1. The van der Waals surface area contributed by atoms with Crippen LogP contribution in [0.2, 0.25) is 0 Å². The molecule has 0 radical (unpaired) electrons. The second-order valence-electron chi connectivity index (χ2n) is 5.21. The quantitative estimate of drug-likeness (QED) is 0.596. The Kier molecular flexibility index (Phi) is 4.85. The van der Waals surface area contributed by atoms with Gasteiger partial charge in [-0.15, -0.1) is 0 Å². The molecule has 1 aromatic carbocycles. The molecule has 0 aromatic heterocycles. The predicted molar refractivity (Wildman–Crippen MR) is 83.8 cm³/mol. The Bertz CT molecular complexity index is 734. The molecule has 1 aromatic rings. The first kappa shape index (κ1) is 17.2. The first-order valence-corrected chi connectivity index (χ1v) is 8.50. The molecule has 1 atom stereocenters. The summed E-state index contributed by atoms with van der Waals surface area (Å²) in [5.74, 6) is -0.114. The fourth-order valence-electron chi connectivity index (χ4n) is 2.52. The lowest BCUT2D eigenvalue weighted by molar-refractivity contribution is -0.384. The van der Waals surface area contributed by atoms with E-state index in [0.717, 1.165) is 6.07 Å². The van der Waals surface area contributed by atoms with E-state index < -0.39 is 14.9 Å². The molecular weight excluding hydrogens is 324 g/mol. The van der Waals surface area contributed by atoms with Crippen LogP contribution >= 0.6 is 0 Å². The number of carbonyl (C=O) groups excluding carboxylic acids is 1. The van der Waals surface area contributed by atoms with E-state index in [1.54, 1.807) is 11.8 Å². The van der Waals surface area contributed by atoms with Gasteiger partial charge in [0, 0.05) is 31.6 Å². The largest absolute Gasteiger partial charge is 0.361 e. The molecule has 0 unspecified atom stereocenters. The number of amides is 1. The summed E-state index contributed by atoms with van der Waals surface area (Å²) in [6.07, 6.45) is 0.216. The zero-order valence-electron chi connectivity index (χ0n) is 12.8. The lowest BCUT2D eigenvalue weighted by atomic mass is 10.1. The molecule has 10 heteroatoms. The molecule has 0 aliphatic carbocycles. The Labute approximate surface area is 133 Å². The van der Waals surface area contributed by atoms with E-state index in [1.807, 2.05) is 0 Å². The third-order valence-corrected chi connectivity index (χ3v) is 5.13. The maximum absolute atomic E-state index is 11.8. The van der Waals surface area contributed by atoms with Crippen LogP contribution in [0.5, 0.6) is 0 Å². The van der Waals surface area contributed by atoms with Gasteiger partial charge in [-0.25, -0.2) is 13.1 Å². The average molecular weight is 342 g/mol. The summed E-state index contributed by atoms with van der Waals surface area (Å²) < 4.78 is 25.8. The third-order valence-electron chi connectivity index (χ3n) is 3.72. The van der Waals surface area contributed by atoms with Crippen molar-refractivity contribution in [2.45, 2.75) is 24.3 Å². The molecule has 1 aliphatic heterocycles. The number of hydrogen-bond donors (Lipinski definition) is 2. The average Bonchev–Trinajstić information content (AvgIpc) is 2.66. The number of benzene rings is 1. The topological polar surface area (TPSA) is 122 Å². The van der Waals surface area contributed by atoms with Crippen molar-refractivity contribution in [2.75, 3.05) is 25.0 Å². The van der Waals surface area contributed by atoms with Gasteiger partial charge in [-0.05, 0) is 26.1 Å². The van der Waals surface area contributed by atoms with Crippen LogP contribution in [0.4, 0.5) is 11.4 Å². The maximum Gasteiger partial charge on any atom is 0.293 e. The number of nitrogens with one attached hydrogen (secondary N) is 2. The second-order valence-corrected chi connectivity index (χ2v) is 7.10. The van der Waals surface area contributed by atoms with Crippen molar-refractivity contribution < 1.29 is 18.1 Å². The van der Waals surface area contributed by atoms with Crippen LogP contribution in [0.25, 0.3) is 0 Å². The fraction of sp³-hybridized carbons (Fsp3) is 0.462. The van der Waals surface area contributed by atoms with E-state index in [1.165, 1.54) is 19.2 Å². The molecule has 1 fully saturated rings. The predicted octanol–water partition coefficient (Wildman–Crippen LogP) is 0.218. The van der Waals surface area contributed by atoms with Crippen LogP contribution in [0, 0.1) is 10.1 Å². The number of sulfonamides is 1. The summed E-state index contributed by atoms with van der Waals surface area (Å²) in [5, 5.41) is 14.1. The highest BCUT2D eigenvalue weighted by Crippen LogP contribution is 2.32. The summed E-state index contributed by atoms with van der Waals surface area (Å²) in [7, 11) is -2.53. The number of nitrogens with zero attached hydrogens (tertiary/aromatic N) is 2. The Morgan fingerprint density at radius 3 is 2.74 bits per heavy atom. The summed E-state index contributed by atoms with van der Waals surface area (Å²) in [6, 6.07) is 3.53. The molecule has 0 spiro atoms. The van der Waals surface area contributed by atoms with Gasteiger partial charge < -0.3 is 10.2 Å². The molecule has 1 heterocycles. The number of carbonyl (C=O) groups is 1. The van der Waals surface area contributed by atoms with Crippen molar-refractivity contribution in [1.82, 2.24) is 10.0 Å². The number of nitro benzene ring substituents is 1. The van der Waals surface area contributed by atoms with Crippen LogP contribution < -0.4 is 14.9 Å². The van der Waals surface area contributed by atoms with E-state index >= 15 is 0 Å². The van der Waals surface area contributed by atoms with E-state index in [2.05, 4.69) is 10.0 Å². The second kappa shape index (κ2) is 6.50. The van der Waals surface area contributed by atoms with E-state index in [0.29, 0.717) is 18.8 Å². The van der Waals surface area contributed by atoms with Gasteiger partial charge in [-0.2, -0.15) is 0 Å². The zero-order chi connectivity index (χ0) is 17.2. The van der Waals surface area contributed by atoms with E-state index in [9.17, 15) is 23.3 Å². The van der Waals surface area contributed by atoms with Crippen LogP contribution in [0.1, 0.15) is 13.3 Å².